The van der Waals surface area contributed by atoms with Gasteiger partial charge in [-0.1, -0.05) is 17.4 Å². The lowest BCUT2D eigenvalue weighted by Gasteiger charge is -2.22. The number of hydrogen-bond acceptors (Lipinski definition) is 7. The smallest absolute Gasteiger partial charge is 0.266 e. The standard InChI is InChI=1S/C20H22FN3O4S2/c1-23(2)11-12-24(18(25)13-28-15-9-7-14(21)8-10-15)20-22-19-16(29-20)5-4-6-17(19)30(3,26)27/h4-10H,11-13H2,1-3H3. The maximum atomic E-state index is 13.0. The molecule has 2 aromatic carbocycles. The summed E-state index contributed by atoms with van der Waals surface area (Å²) in [5.74, 6) is -0.348. The van der Waals surface area contributed by atoms with Crippen molar-refractivity contribution in [3.05, 3.63) is 48.3 Å². The highest BCUT2D eigenvalue weighted by Crippen LogP contribution is 2.32. The second-order valence-corrected chi connectivity index (χ2v) is 9.96. The Morgan fingerprint density at radius 3 is 2.47 bits per heavy atom. The Morgan fingerprint density at radius 1 is 1.13 bits per heavy atom. The van der Waals surface area contributed by atoms with Crippen molar-refractivity contribution in [2.75, 3.05) is 44.9 Å². The van der Waals surface area contributed by atoms with Gasteiger partial charge < -0.3 is 9.64 Å². The van der Waals surface area contributed by atoms with Crippen molar-refractivity contribution >= 4 is 42.4 Å². The van der Waals surface area contributed by atoms with Crippen LogP contribution in [0, 0.1) is 5.82 Å². The summed E-state index contributed by atoms with van der Waals surface area (Å²) in [4.78, 5) is 20.9. The average Bonchev–Trinajstić information content (AvgIpc) is 3.10. The van der Waals surface area contributed by atoms with E-state index in [2.05, 4.69) is 4.98 Å². The number of carbonyl (C=O) groups excluding carboxylic acids is 1. The summed E-state index contributed by atoms with van der Waals surface area (Å²) < 4.78 is 43.4. The number of halogens is 1. The molecule has 3 rings (SSSR count). The zero-order valence-corrected chi connectivity index (χ0v) is 18.5. The topological polar surface area (TPSA) is 79.8 Å². The van der Waals surface area contributed by atoms with Crippen molar-refractivity contribution in [3.8, 4) is 5.75 Å². The highest BCUT2D eigenvalue weighted by atomic mass is 32.2. The van der Waals surface area contributed by atoms with Gasteiger partial charge in [0.1, 0.15) is 17.1 Å². The molecular formula is C20H22FN3O4S2. The molecule has 1 heterocycles. The van der Waals surface area contributed by atoms with E-state index < -0.39 is 15.7 Å². The summed E-state index contributed by atoms with van der Waals surface area (Å²) in [5, 5.41) is 0.399. The summed E-state index contributed by atoms with van der Waals surface area (Å²) in [7, 11) is 0.313. The van der Waals surface area contributed by atoms with Gasteiger partial charge in [-0.05, 0) is 50.5 Å². The predicted octanol–water partition coefficient (Wildman–Crippen LogP) is 2.81. The van der Waals surface area contributed by atoms with Crippen LogP contribution >= 0.6 is 11.3 Å². The third-order valence-corrected chi connectivity index (χ3v) is 6.42. The summed E-state index contributed by atoms with van der Waals surface area (Å²) in [6.45, 7) is 0.678. The van der Waals surface area contributed by atoms with Crippen LogP contribution in [-0.4, -0.2) is 64.3 Å². The van der Waals surface area contributed by atoms with Gasteiger partial charge in [-0.3, -0.25) is 9.69 Å². The molecule has 160 valence electrons. The fourth-order valence-corrected chi connectivity index (χ4v) is 4.64. The summed E-state index contributed by atoms with van der Waals surface area (Å²) in [6, 6.07) is 10.3. The van der Waals surface area contributed by atoms with E-state index in [4.69, 9.17) is 4.74 Å². The van der Waals surface area contributed by atoms with Crippen LogP contribution in [0.4, 0.5) is 9.52 Å². The van der Waals surface area contributed by atoms with Gasteiger partial charge >= 0.3 is 0 Å². The Bertz CT molecular complexity index is 1140. The third kappa shape index (κ3) is 5.32. The first-order valence-corrected chi connectivity index (χ1v) is 11.8. The normalized spacial score (nSPS) is 11.8. The van der Waals surface area contributed by atoms with E-state index in [1.54, 1.807) is 12.1 Å². The molecule has 0 aliphatic heterocycles. The molecule has 7 nitrogen and oxygen atoms in total. The van der Waals surface area contributed by atoms with E-state index in [0.717, 1.165) is 6.26 Å². The number of sulfone groups is 1. The van der Waals surface area contributed by atoms with Gasteiger partial charge in [-0.15, -0.1) is 0 Å². The van der Waals surface area contributed by atoms with E-state index in [0.29, 0.717) is 34.2 Å². The Morgan fingerprint density at radius 2 is 1.83 bits per heavy atom. The molecule has 10 heteroatoms. The molecule has 0 N–H and O–H groups in total. The molecule has 1 aromatic heterocycles. The number of para-hydroxylation sites is 1. The summed E-state index contributed by atoms with van der Waals surface area (Å²) in [5.41, 5.74) is 0.349. The van der Waals surface area contributed by atoms with Crippen molar-refractivity contribution in [3.63, 3.8) is 0 Å². The molecule has 0 saturated heterocycles. The van der Waals surface area contributed by atoms with Crippen LogP contribution in [0.3, 0.4) is 0 Å². The number of benzene rings is 2. The predicted molar refractivity (Wildman–Crippen MR) is 116 cm³/mol. The molecule has 0 fully saturated rings. The quantitative estimate of drug-likeness (QED) is 0.524. The molecular weight excluding hydrogens is 429 g/mol. The van der Waals surface area contributed by atoms with E-state index >= 15 is 0 Å². The minimum Gasteiger partial charge on any atom is -0.484 e. The van der Waals surface area contributed by atoms with Crippen molar-refractivity contribution in [1.82, 2.24) is 9.88 Å². The number of fused-ring (bicyclic) bond motifs is 1. The van der Waals surface area contributed by atoms with Crippen molar-refractivity contribution in [2.24, 2.45) is 0 Å². The number of likely N-dealkylation sites (N-methyl/N-ethyl adjacent to an activating group) is 1. The first kappa shape index (κ1) is 22.1. The molecule has 3 aromatic rings. The number of ether oxygens (including phenoxy) is 1. The number of nitrogens with zero attached hydrogens (tertiary/aromatic N) is 3. The zero-order valence-electron chi connectivity index (χ0n) is 16.8. The molecule has 0 atom stereocenters. The first-order valence-electron chi connectivity index (χ1n) is 9.08. The van der Waals surface area contributed by atoms with Gasteiger partial charge in [0.15, 0.2) is 21.6 Å². The van der Waals surface area contributed by atoms with Crippen molar-refractivity contribution in [2.45, 2.75) is 4.90 Å². The molecule has 30 heavy (non-hydrogen) atoms. The summed E-state index contributed by atoms with van der Waals surface area (Å²) >= 11 is 1.25. The fourth-order valence-electron chi connectivity index (χ4n) is 2.71. The van der Waals surface area contributed by atoms with E-state index in [1.165, 1.54) is 46.6 Å². The maximum Gasteiger partial charge on any atom is 0.266 e. The lowest BCUT2D eigenvalue weighted by Crippen LogP contribution is -2.39. The average molecular weight is 452 g/mol. The van der Waals surface area contributed by atoms with Gasteiger partial charge in [0.25, 0.3) is 5.91 Å². The Labute approximate surface area is 178 Å². The van der Waals surface area contributed by atoms with E-state index in [-0.39, 0.29) is 17.4 Å². The van der Waals surface area contributed by atoms with Crippen molar-refractivity contribution in [1.29, 1.82) is 0 Å². The minimum absolute atomic E-state index is 0.130. The molecule has 0 radical (unpaired) electrons. The highest BCUT2D eigenvalue weighted by molar-refractivity contribution is 7.91. The minimum atomic E-state index is -3.46. The number of carbonyl (C=O) groups is 1. The SMILES string of the molecule is CN(C)CCN(C(=O)COc1ccc(F)cc1)c1nc2c(S(C)(=O)=O)cccc2s1. The van der Waals surface area contributed by atoms with Gasteiger partial charge in [0.05, 0.1) is 9.60 Å². The number of aromatic nitrogens is 1. The van der Waals surface area contributed by atoms with Gasteiger partial charge in [-0.25, -0.2) is 17.8 Å². The maximum absolute atomic E-state index is 13.0. The Hall–Kier alpha value is -2.56. The van der Waals surface area contributed by atoms with Crippen LogP contribution in [0.2, 0.25) is 0 Å². The van der Waals surface area contributed by atoms with Gasteiger partial charge in [0.2, 0.25) is 0 Å². The van der Waals surface area contributed by atoms with Crippen LogP contribution in [0.1, 0.15) is 0 Å². The number of hydrogen-bond donors (Lipinski definition) is 0. The lowest BCUT2D eigenvalue weighted by molar-refractivity contribution is -0.120. The molecule has 0 saturated carbocycles. The zero-order chi connectivity index (χ0) is 21.9. The third-order valence-electron chi connectivity index (χ3n) is 4.25. The largest absolute Gasteiger partial charge is 0.484 e. The number of thiazole rings is 1. The Kier molecular flexibility index (Phi) is 6.69. The van der Waals surface area contributed by atoms with Crippen LogP contribution in [0.5, 0.6) is 5.75 Å². The van der Waals surface area contributed by atoms with Crippen molar-refractivity contribution < 1.29 is 22.3 Å². The summed E-state index contributed by atoms with van der Waals surface area (Å²) in [6.07, 6.45) is 1.13. The molecule has 1 amide bonds. The number of amides is 1. The highest BCUT2D eigenvalue weighted by Gasteiger charge is 2.23. The monoisotopic (exact) mass is 451 g/mol. The first-order chi connectivity index (χ1) is 14.1. The lowest BCUT2D eigenvalue weighted by atomic mass is 10.3. The number of rotatable bonds is 8. The molecule has 0 spiro atoms. The van der Waals surface area contributed by atoms with Crippen LogP contribution in [0.25, 0.3) is 10.2 Å². The Balaban J connectivity index is 1.89. The van der Waals surface area contributed by atoms with E-state index in [9.17, 15) is 17.6 Å². The second-order valence-electron chi connectivity index (χ2n) is 6.96. The molecule has 0 aliphatic rings. The van der Waals surface area contributed by atoms with E-state index in [1.807, 2.05) is 19.0 Å². The van der Waals surface area contributed by atoms with Gasteiger partial charge in [0, 0.05) is 19.3 Å². The molecule has 0 bridgehead atoms. The van der Waals surface area contributed by atoms with Crippen LogP contribution in [-0.2, 0) is 14.6 Å². The van der Waals surface area contributed by atoms with Gasteiger partial charge in [-0.2, -0.15) is 0 Å². The molecule has 0 aliphatic carbocycles. The fraction of sp³-hybridized carbons (Fsp3) is 0.300. The second kappa shape index (κ2) is 9.07. The van der Waals surface area contributed by atoms with Crippen LogP contribution < -0.4 is 9.64 Å². The van der Waals surface area contributed by atoms with Crippen LogP contribution in [0.15, 0.2) is 47.4 Å². The molecule has 0 unspecified atom stereocenters. The number of anilines is 1.